The predicted molar refractivity (Wildman–Crippen MR) is 65.6 cm³/mol. The van der Waals surface area contributed by atoms with Gasteiger partial charge in [-0.15, -0.1) is 0 Å². The second-order valence-corrected chi connectivity index (χ2v) is 4.52. The Bertz CT molecular complexity index is 719. The number of H-pyrrole nitrogens is 1. The van der Waals surface area contributed by atoms with Gasteiger partial charge in [-0.05, 0) is 25.1 Å². The lowest BCUT2D eigenvalue weighted by Gasteiger charge is -2.16. The van der Waals surface area contributed by atoms with E-state index in [2.05, 4.69) is 15.3 Å². The van der Waals surface area contributed by atoms with Crippen molar-refractivity contribution >= 4 is 0 Å². The van der Waals surface area contributed by atoms with Crippen molar-refractivity contribution in [1.29, 1.82) is 0 Å². The van der Waals surface area contributed by atoms with Gasteiger partial charge in [0.25, 0.3) is 5.56 Å². The lowest BCUT2D eigenvalue weighted by Crippen LogP contribution is -2.31. The number of nitrogens with zero attached hydrogens (tertiary/aromatic N) is 1. The maximum absolute atomic E-state index is 13.2. The molecule has 1 aromatic carbocycles. The molecule has 2 N–H and O–H groups in total. The first-order valence-electron chi connectivity index (χ1n) is 6.04. The topological polar surface area (TPSA) is 57.8 Å². The maximum Gasteiger partial charge on any atom is 0.254 e. The highest BCUT2D eigenvalue weighted by molar-refractivity contribution is 5.55. The molecule has 7 heteroatoms. The molecule has 104 valence electrons. The van der Waals surface area contributed by atoms with Gasteiger partial charge in [-0.3, -0.25) is 4.79 Å². The van der Waals surface area contributed by atoms with Crippen LogP contribution in [0.5, 0.6) is 0 Å². The van der Waals surface area contributed by atoms with E-state index < -0.39 is 17.5 Å². The zero-order chi connectivity index (χ0) is 14.3. The van der Waals surface area contributed by atoms with Crippen molar-refractivity contribution in [3.8, 4) is 11.4 Å². The highest BCUT2D eigenvalue weighted by Crippen LogP contribution is 2.21. The van der Waals surface area contributed by atoms with Crippen molar-refractivity contribution in [3.05, 3.63) is 51.2 Å². The maximum atomic E-state index is 13.2. The SMILES string of the molecule is O=c1[nH]c(-c2cc(F)c(F)c(F)c2)nc2c1CCNC2. The minimum Gasteiger partial charge on any atom is -0.311 e. The molecule has 20 heavy (non-hydrogen) atoms. The number of aromatic amines is 1. The predicted octanol–water partition coefficient (Wildman–Crippen LogP) is 1.50. The van der Waals surface area contributed by atoms with Crippen LogP contribution in [0.2, 0.25) is 0 Å². The Morgan fingerprint density at radius 2 is 1.85 bits per heavy atom. The number of rotatable bonds is 1. The first-order chi connectivity index (χ1) is 9.56. The van der Waals surface area contributed by atoms with Crippen LogP contribution in [-0.4, -0.2) is 16.5 Å². The number of halogens is 3. The van der Waals surface area contributed by atoms with Crippen LogP contribution in [0.4, 0.5) is 13.2 Å². The molecule has 0 fully saturated rings. The monoisotopic (exact) mass is 281 g/mol. The summed E-state index contributed by atoms with van der Waals surface area (Å²) >= 11 is 0. The summed E-state index contributed by atoms with van der Waals surface area (Å²) in [6.45, 7) is 1.09. The number of benzene rings is 1. The van der Waals surface area contributed by atoms with Crippen molar-refractivity contribution in [2.75, 3.05) is 6.54 Å². The van der Waals surface area contributed by atoms with Gasteiger partial charge in [0.05, 0.1) is 5.69 Å². The van der Waals surface area contributed by atoms with Crippen LogP contribution >= 0.6 is 0 Å². The van der Waals surface area contributed by atoms with Crippen molar-refractivity contribution in [3.63, 3.8) is 0 Å². The minimum absolute atomic E-state index is 0.00752. The molecule has 0 spiro atoms. The molecule has 0 radical (unpaired) electrons. The smallest absolute Gasteiger partial charge is 0.254 e. The van der Waals surface area contributed by atoms with Gasteiger partial charge in [0.1, 0.15) is 5.82 Å². The highest BCUT2D eigenvalue weighted by Gasteiger charge is 2.18. The van der Waals surface area contributed by atoms with Gasteiger partial charge in [-0.25, -0.2) is 18.2 Å². The zero-order valence-corrected chi connectivity index (χ0v) is 10.3. The van der Waals surface area contributed by atoms with Crippen LogP contribution in [0.1, 0.15) is 11.3 Å². The van der Waals surface area contributed by atoms with E-state index >= 15 is 0 Å². The van der Waals surface area contributed by atoms with Crippen molar-refractivity contribution in [2.24, 2.45) is 0 Å². The Balaban J connectivity index is 2.16. The molecule has 2 heterocycles. The van der Waals surface area contributed by atoms with E-state index in [1.54, 1.807) is 0 Å². The summed E-state index contributed by atoms with van der Waals surface area (Å²) in [5.41, 5.74) is 0.763. The summed E-state index contributed by atoms with van der Waals surface area (Å²) in [6.07, 6.45) is 0.546. The standard InChI is InChI=1S/C13H10F3N3O/c14-8-3-6(4-9(15)11(8)16)12-18-10-5-17-2-1-7(10)13(20)19-12/h3-4,17H,1-2,5H2,(H,18,19,20). The molecule has 0 aliphatic carbocycles. The third-order valence-electron chi connectivity index (χ3n) is 3.20. The summed E-state index contributed by atoms with van der Waals surface area (Å²) in [7, 11) is 0. The van der Waals surface area contributed by atoms with Crippen LogP contribution in [0.15, 0.2) is 16.9 Å². The third kappa shape index (κ3) is 2.09. The van der Waals surface area contributed by atoms with E-state index in [1.807, 2.05) is 0 Å². The Hall–Kier alpha value is -2.15. The first kappa shape index (κ1) is 12.9. The molecule has 1 aromatic heterocycles. The number of hydrogen-bond acceptors (Lipinski definition) is 3. The van der Waals surface area contributed by atoms with Gasteiger partial charge < -0.3 is 10.3 Å². The molecule has 0 saturated heterocycles. The molecule has 1 aliphatic heterocycles. The van der Waals surface area contributed by atoms with E-state index in [1.165, 1.54) is 0 Å². The number of nitrogens with one attached hydrogen (secondary N) is 2. The summed E-state index contributed by atoms with van der Waals surface area (Å²) < 4.78 is 39.4. The average Bonchev–Trinajstić information content (AvgIpc) is 2.44. The van der Waals surface area contributed by atoms with Crippen molar-refractivity contribution in [1.82, 2.24) is 15.3 Å². The molecule has 0 amide bonds. The van der Waals surface area contributed by atoms with Crippen molar-refractivity contribution in [2.45, 2.75) is 13.0 Å². The quantitative estimate of drug-likeness (QED) is 0.779. The lowest BCUT2D eigenvalue weighted by molar-refractivity contribution is 0.447. The van der Waals surface area contributed by atoms with Crippen molar-refractivity contribution < 1.29 is 13.2 Å². The Morgan fingerprint density at radius 1 is 1.15 bits per heavy atom. The number of fused-ring (bicyclic) bond motifs is 1. The summed E-state index contributed by atoms with van der Waals surface area (Å²) in [6, 6.07) is 1.61. The molecule has 0 bridgehead atoms. The molecular weight excluding hydrogens is 271 g/mol. The van der Waals surface area contributed by atoms with Gasteiger partial charge in [0, 0.05) is 17.7 Å². The first-order valence-corrected chi connectivity index (χ1v) is 6.04. The summed E-state index contributed by atoms with van der Waals surface area (Å²) in [5, 5.41) is 3.06. The lowest BCUT2D eigenvalue weighted by atomic mass is 10.1. The molecule has 0 saturated carbocycles. The molecule has 1 aliphatic rings. The van der Waals surface area contributed by atoms with Gasteiger partial charge in [0.2, 0.25) is 0 Å². The Morgan fingerprint density at radius 3 is 2.55 bits per heavy atom. The molecule has 4 nitrogen and oxygen atoms in total. The van der Waals surface area contributed by atoms with Gasteiger partial charge in [-0.1, -0.05) is 0 Å². The highest BCUT2D eigenvalue weighted by atomic mass is 19.2. The van der Waals surface area contributed by atoms with Crippen LogP contribution in [0.25, 0.3) is 11.4 Å². The second kappa shape index (κ2) is 4.75. The molecule has 0 unspecified atom stereocenters. The fraction of sp³-hybridized carbons (Fsp3) is 0.231. The average molecular weight is 281 g/mol. The third-order valence-corrected chi connectivity index (χ3v) is 3.20. The molecule has 0 atom stereocenters. The van der Waals surface area contributed by atoms with Gasteiger partial charge in [0.15, 0.2) is 17.5 Å². The van der Waals surface area contributed by atoms with Crippen LogP contribution in [-0.2, 0) is 13.0 Å². The Kier molecular flexibility index (Phi) is 3.06. The van der Waals surface area contributed by atoms with E-state index in [4.69, 9.17) is 0 Å². The molecule has 3 rings (SSSR count). The largest absolute Gasteiger partial charge is 0.311 e. The fourth-order valence-electron chi connectivity index (χ4n) is 2.20. The number of hydrogen-bond donors (Lipinski definition) is 2. The summed E-state index contributed by atoms with van der Waals surface area (Å²) in [4.78, 5) is 18.6. The second-order valence-electron chi connectivity index (χ2n) is 4.52. The molecule has 2 aromatic rings. The van der Waals surface area contributed by atoms with Gasteiger partial charge in [-0.2, -0.15) is 0 Å². The zero-order valence-electron chi connectivity index (χ0n) is 10.3. The van der Waals surface area contributed by atoms with E-state index in [9.17, 15) is 18.0 Å². The van der Waals surface area contributed by atoms with Crippen LogP contribution < -0.4 is 10.9 Å². The normalized spacial score (nSPS) is 14.2. The molecular formula is C13H10F3N3O. The summed E-state index contributed by atoms with van der Waals surface area (Å²) in [5.74, 6) is -4.16. The van der Waals surface area contributed by atoms with E-state index in [0.717, 1.165) is 12.1 Å². The Labute approximate surface area is 111 Å². The van der Waals surface area contributed by atoms with Gasteiger partial charge >= 0.3 is 0 Å². The fourth-order valence-corrected chi connectivity index (χ4v) is 2.20. The van der Waals surface area contributed by atoms with Crippen LogP contribution in [0.3, 0.4) is 0 Å². The minimum atomic E-state index is -1.55. The van der Waals surface area contributed by atoms with Crippen LogP contribution in [0, 0.1) is 17.5 Å². The number of aromatic nitrogens is 2. The van der Waals surface area contributed by atoms with E-state index in [0.29, 0.717) is 30.8 Å². The van der Waals surface area contributed by atoms with E-state index in [-0.39, 0.29) is 16.9 Å².